The average molecular weight is 227 g/mol. The van der Waals surface area contributed by atoms with Gasteiger partial charge in [0.05, 0.1) is 0 Å². The summed E-state index contributed by atoms with van der Waals surface area (Å²) in [6, 6.07) is -0.810. The van der Waals surface area contributed by atoms with Gasteiger partial charge in [-0.3, -0.25) is 9.59 Å². The lowest BCUT2D eigenvalue weighted by molar-refractivity contribution is -0.147. The summed E-state index contributed by atoms with van der Waals surface area (Å²) in [7, 11) is 0. The van der Waals surface area contributed by atoms with Crippen LogP contribution in [0.5, 0.6) is 0 Å². The van der Waals surface area contributed by atoms with Crippen LogP contribution in [-0.2, 0) is 19.1 Å². The number of carbonyl (C=O) groups excluding carboxylic acids is 2. The zero-order valence-electron chi connectivity index (χ0n) is 9.12. The molecule has 0 unspecified atom stereocenters. The predicted octanol–water partition coefficient (Wildman–Crippen LogP) is 1.35. The molecule has 0 aliphatic rings. The summed E-state index contributed by atoms with van der Waals surface area (Å²) in [4.78, 5) is 23.9. The highest BCUT2D eigenvalue weighted by Gasteiger charge is 2.21. The van der Waals surface area contributed by atoms with E-state index in [2.05, 4.69) is 21.3 Å². The summed E-state index contributed by atoms with van der Waals surface area (Å²) in [5.74, 6) is -1.05. The normalized spacial score (nSPS) is 12.9. The van der Waals surface area contributed by atoms with Crippen molar-refractivity contribution in [1.82, 2.24) is 0 Å². The van der Waals surface area contributed by atoms with Crippen molar-refractivity contribution in [3.05, 3.63) is 23.1 Å². The molecule has 7 nitrogen and oxygen atoms in total. The third-order valence-electron chi connectivity index (χ3n) is 1.57. The molecule has 0 spiro atoms. The molecule has 0 heterocycles. The summed E-state index contributed by atoms with van der Waals surface area (Å²) in [6.07, 6.45) is 0.497. The van der Waals surface area contributed by atoms with Crippen LogP contribution in [0.25, 0.3) is 10.4 Å². The van der Waals surface area contributed by atoms with Gasteiger partial charge >= 0.3 is 11.9 Å². The lowest BCUT2D eigenvalue weighted by Gasteiger charge is -2.19. The lowest BCUT2D eigenvalue weighted by atomic mass is 10.2. The van der Waals surface area contributed by atoms with Crippen LogP contribution in [0, 0.1) is 0 Å². The van der Waals surface area contributed by atoms with E-state index in [4.69, 9.17) is 10.3 Å². The van der Waals surface area contributed by atoms with Crippen molar-refractivity contribution >= 4 is 11.9 Å². The van der Waals surface area contributed by atoms with Crippen LogP contribution < -0.4 is 0 Å². The zero-order valence-corrected chi connectivity index (χ0v) is 9.12. The highest BCUT2D eigenvalue weighted by molar-refractivity contribution is 5.66. The van der Waals surface area contributed by atoms with Crippen LogP contribution in [0.1, 0.15) is 13.8 Å². The number of hydrogen-bond acceptors (Lipinski definition) is 5. The van der Waals surface area contributed by atoms with E-state index < -0.39 is 24.1 Å². The molecule has 0 radical (unpaired) electrons. The molecule has 0 aliphatic carbocycles. The first-order valence-corrected chi connectivity index (χ1v) is 4.48. The molecule has 0 fully saturated rings. The number of esters is 2. The molecule has 0 bridgehead atoms. The summed E-state index contributed by atoms with van der Waals surface area (Å²) in [5, 5.41) is 3.38. The highest BCUT2D eigenvalue weighted by Crippen LogP contribution is 2.07. The third-order valence-corrected chi connectivity index (χ3v) is 1.57. The molecule has 0 aromatic carbocycles. The molecule has 0 aromatic rings. The van der Waals surface area contributed by atoms with Crippen LogP contribution in [-0.4, -0.2) is 30.7 Å². The van der Waals surface area contributed by atoms with Crippen molar-refractivity contribution in [2.75, 3.05) is 6.61 Å². The maximum absolute atomic E-state index is 10.7. The third kappa shape index (κ3) is 5.66. The summed E-state index contributed by atoms with van der Waals surface area (Å²) < 4.78 is 9.51. The van der Waals surface area contributed by atoms with Crippen molar-refractivity contribution in [2.24, 2.45) is 5.11 Å². The monoisotopic (exact) mass is 227 g/mol. The van der Waals surface area contributed by atoms with Crippen molar-refractivity contribution in [1.29, 1.82) is 0 Å². The molecule has 16 heavy (non-hydrogen) atoms. The molecule has 0 aromatic heterocycles. The van der Waals surface area contributed by atoms with E-state index in [-0.39, 0.29) is 6.61 Å². The quantitative estimate of drug-likeness (QED) is 0.224. The molecule has 2 atom stereocenters. The fourth-order valence-electron chi connectivity index (χ4n) is 0.938. The first-order chi connectivity index (χ1) is 7.51. The van der Waals surface area contributed by atoms with Gasteiger partial charge in [-0.15, -0.1) is 0 Å². The van der Waals surface area contributed by atoms with Crippen LogP contribution in [0.4, 0.5) is 0 Å². The van der Waals surface area contributed by atoms with E-state index in [0.717, 1.165) is 0 Å². The van der Waals surface area contributed by atoms with E-state index >= 15 is 0 Å². The first kappa shape index (κ1) is 14.0. The Labute approximate surface area is 92.7 Å². The van der Waals surface area contributed by atoms with Gasteiger partial charge in [0.1, 0.15) is 18.8 Å². The Hall–Kier alpha value is -2.01. The maximum Gasteiger partial charge on any atom is 0.303 e. The minimum absolute atomic E-state index is 0.163. The van der Waals surface area contributed by atoms with Crippen LogP contribution in [0.2, 0.25) is 0 Å². The molecule has 88 valence electrons. The minimum Gasteiger partial charge on any atom is -0.465 e. The van der Waals surface area contributed by atoms with Gasteiger partial charge in [0.15, 0.2) is 0 Å². The fourth-order valence-corrected chi connectivity index (χ4v) is 0.938. The molecule has 0 N–H and O–H groups in total. The summed E-state index contributed by atoms with van der Waals surface area (Å²) in [5.41, 5.74) is 8.32. The largest absolute Gasteiger partial charge is 0.465 e. The maximum atomic E-state index is 10.7. The topological polar surface area (TPSA) is 101 Å². The van der Waals surface area contributed by atoms with E-state index in [1.807, 2.05) is 0 Å². The molecular formula is C9H13N3O4. The Morgan fingerprint density at radius 1 is 1.50 bits per heavy atom. The Bertz CT molecular complexity index is 323. The zero-order chi connectivity index (χ0) is 12.6. The lowest BCUT2D eigenvalue weighted by Crippen LogP contribution is -2.31. The Morgan fingerprint density at radius 3 is 2.50 bits per heavy atom. The van der Waals surface area contributed by atoms with E-state index in [0.29, 0.717) is 0 Å². The van der Waals surface area contributed by atoms with Crippen molar-refractivity contribution in [3.63, 3.8) is 0 Å². The van der Waals surface area contributed by atoms with Gasteiger partial charge in [-0.1, -0.05) is 17.8 Å². The Balaban J connectivity index is 4.57. The number of ether oxygens (including phenoxy) is 2. The summed E-state index contributed by atoms with van der Waals surface area (Å²) >= 11 is 0. The van der Waals surface area contributed by atoms with Gasteiger partial charge < -0.3 is 9.47 Å². The van der Waals surface area contributed by atoms with E-state index in [1.165, 1.54) is 19.9 Å². The second-order valence-electron chi connectivity index (χ2n) is 2.88. The standard InChI is InChI=1S/C9H13N3O4/c1-4-9(16-7(3)14)8(11-12-10)5-15-6(2)13/h4,8-9H,1,5H2,2-3H3/t8-,9+/m0/s1. The number of hydrogen-bond donors (Lipinski definition) is 0. The number of nitrogens with zero attached hydrogens (tertiary/aromatic N) is 3. The molecule has 0 aliphatic heterocycles. The van der Waals surface area contributed by atoms with Crippen molar-refractivity contribution in [2.45, 2.75) is 26.0 Å². The minimum atomic E-state index is -0.812. The first-order valence-electron chi connectivity index (χ1n) is 4.48. The Kier molecular flexibility index (Phi) is 6.39. The van der Waals surface area contributed by atoms with Gasteiger partial charge in [-0.2, -0.15) is 0 Å². The summed E-state index contributed by atoms with van der Waals surface area (Å²) in [6.45, 7) is 5.72. The molecule has 0 amide bonds. The SMILES string of the molecule is C=C[C@@H](OC(C)=O)[C@H](COC(C)=O)N=[N+]=[N-]. The molecule has 7 heteroatoms. The van der Waals surface area contributed by atoms with Gasteiger partial charge in [-0.25, -0.2) is 0 Å². The van der Waals surface area contributed by atoms with Crippen molar-refractivity contribution in [3.8, 4) is 0 Å². The number of carbonyl (C=O) groups is 2. The van der Waals surface area contributed by atoms with Gasteiger partial charge in [0, 0.05) is 18.8 Å². The van der Waals surface area contributed by atoms with Crippen molar-refractivity contribution < 1.29 is 19.1 Å². The smallest absolute Gasteiger partial charge is 0.303 e. The second-order valence-corrected chi connectivity index (χ2v) is 2.88. The Morgan fingerprint density at radius 2 is 2.12 bits per heavy atom. The molecule has 0 rings (SSSR count). The molecule has 0 saturated carbocycles. The molecule has 0 saturated heterocycles. The average Bonchev–Trinajstić information content (AvgIpc) is 2.20. The second kappa shape index (κ2) is 7.30. The van der Waals surface area contributed by atoms with E-state index in [9.17, 15) is 9.59 Å². The van der Waals surface area contributed by atoms with E-state index in [1.54, 1.807) is 0 Å². The van der Waals surface area contributed by atoms with Gasteiger partial charge in [-0.05, 0) is 5.53 Å². The molecular weight excluding hydrogens is 214 g/mol. The number of rotatable bonds is 6. The van der Waals surface area contributed by atoms with Gasteiger partial charge in [0.25, 0.3) is 0 Å². The fraction of sp³-hybridized carbons (Fsp3) is 0.556. The highest BCUT2D eigenvalue weighted by atomic mass is 16.6. The van der Waals surface area contributed by atoms with Crippen LogP contribution in [0.3, 0.4) is 0 Å². The van der Waals surface area contributed by atoms with Gasteiger partial charge in [0.2, 0.25) is 0 Å². The predicted molar refractivity (Wildman–Crippen MR) is 55.3 cm³/mol. The van der Waals surface area contributed by atoms with Crippen LogP contribution in [0.15, 0.2) is 17.8 Å². The van der Waals surface area contributed by atoms with Crippen LogP contribution >= 0.6 is 0 Å². The number of azide groups is 1.